The van der Waals surface area contributed by atoms with Crippen molar-refractivity contribution in [3.63, 3.8) is 0 Å². The van der Waals surface area contributed by atoms with Gasteiger partial charge < -0.3 is 48.1 Å². The molecule has 14 atom stereocenters. The number of rotatable bonds is 11. The van der Waals surface area contributed by atoms with Gasteiger partial charge in [0.05, 0.1) is 50.8 Å². The Morgan fingerprint density at radius 2 is 1.67 bits per heavy atom. The van der Waals surface area contributed by atoms with E-state index in [-0.39, 0.29) is 42.9 Å². The predicted molar refractivity (Wildman–Crippen MR) is 172 cm³/mol. The Morgan fingerprint density at radius 3 is 2.27 bits per heavy atom. The smallest absolute Gasteiger partial charge is 0.338 e. The van der Waals surface area contributed by atoms with Crippen molar-refractivity contribution >= 4 is 11.9 Å². The van der Waals surface area contributed by atoms with Crippen LogP contribution < -0.4 is 9.47 Å². The molecule has 5 aliphatic carbocycles. The molecule has 1 aliphatic heterocycles. The van der Waals surface area contributed by atoms with Crippen molar-refractivity contribution in [3.05, 3.63) is 23.8 Å². The third-order valence-corrected chi connectivity index (χ3v) is 13.7. The molecule has 1 aromatic carbocycles. The molecule has 2 N–H and O–H groups in total. The molecule has 13 nitrogen and oxygen atoms in total. The number of esters is 2. The van der Waals surface area contributed by atoms with Crippen molar-refractivity contribution in [2.75, 3.05) is 62.4 Å². The van der Waals surface area contributed by atoms with Crippen LogP contribution in [0.25, 0.3) is 0 Å². The third kappa shape index (κ3) is 4.24. The third-order valence-electron chi connectivity index (χ3n) is 13.7. The van der Waals surface area contributed by atoms with Crippen molar-refractivity contribution in [2.24, 2.45) is 34.5 Å². The number of benzene rings is 1. The second-order valence-corrected chi connectivity index (χ2v) is 15.1. The first-order valence-electron chi connectivity index (χ1n) is 17.3. The van der Waals surface area contributed by atoms with Gasteiger partial charge >= 0.3 is 11.9 Å². The highest BCUT2D eigenvalue weighted by atomic mass is 16.6. The maximum absolute atomic E-state index is 14.1. The van der Waals surface area contributed by atoms with Crippen LogP contribution in [0.15, 0.2) is 18.2 Å². The van der Waals surface area contributed by atoms with E-state index < -0.39 is 76.3 Å². The van der Waals surface area contributed by atoms with E-state index in [0.717, 1.165) is 0 Å². The first-order chi connectivity index (χ1) is 23.4. The average molecular weight is 690 g/mol. The molecule has 1 saturated heterocycles. The summed E-state index contributed by atoms with van der Waals surface area (Å²) in [5.74, 6) is -2.07. The number of carbonyl (C=O) groups excluding carboxylic acids is 2. The molecular weight excluding hydrogens is 638 g/mol. The van der Waals surface area contributed by atoms with Crippen molar-refractivity contribution < 1.29 is 57.7 Å². The van der Waals surface area contributed by atoms with E-state index in [1.54, 1.807) is 39.5 Å². The molecule has 49 heavy (non-hydrogen) atoms. The quantitative estimate of drug-likeness (QED) is 0.325. The molecule has 5 unspecified atom stereocenters. The lowest BCUT2D eigenvalue weighted by atomic mass is 9.42. The van der Waals surface area contributed by atoms with Gasteiger partial charge in [0.2, 0.25) is 0 Å². The monoisotopic (exact) mass is 689 g/mol. The maximum Gasteiger partial charge on any atom is 0.338 e. The Morgan fingerprint density at radius 1 is 0.959 bits per heavy atom. The molecule has 6 fully saturated rings. The van der Waals surface area contributed by atoms with Crippen LogP contribution in [0.1, 0.15) is 43.5 Å². The Kier molecular flexibility index (Phi) is 8.57. The minimum Gasteiger partial charge on any atom is -0.493 e. The number of aliphatic hydroxyl groups excluding tert-OH is 1. The van der Waals surface area contributed by atoms with Crippen LogP contribution in [0.3, 0.4) is 0 Å². The molecular formula is C36H51NO12. The highest BCUT2D eigenvalue weighted by Gasteiger charge is 2.90. The van der Waals surface area contributed by atoms with E-state index in [1.165, 1.54) is 28.3 Å². The van der Waals surface area contributed by atoms with Gasteiger partial charge in [0.25, 0.3) is 0 Å². The van der Waals surface area contributed by atoms with Crippen molar-refractivity contribution in [1.29, 1.82) is 0 Å². The lowest BCUT2D eigenvalue weighted by Gasteiger charge is -2.70. The predicted octanol–water partition coefficient (Wildman–Crippen LogP) is 1.69. The fraction of sp³-hybridized carbons (Fsp3) is 0.778. The summed E-state index contributed by atoms with van der Waals surface area (Å²) in [6.45, 7) is 4.99. The Hall–Kier alpha value is -2.52. The molecule has 1 aromatic rings. The van der Waals surface area contributed by atoms with Gasteiger partial charge in [-0.25, -0.2) is 4.79 Å². The molecule has 13 heteroatoms. The largest absolute Gasteiger partial charge is 0.493 e. The minimum atomic E-state index is -1.62. The summed E-state index contributed by atoms with van der Waals surface area (Å²) in [6, 6.07) is 4.56. The molecule has 7 rings (SSSR count). The van der Waals surface area contributed by atoms with Crippen molar-refractivity contribution in [3.8, 4) is 11.5 Å². The SMILES string of the molecule is CCN1C[C@]2(COC)C(O)C[C@H](OC)[C@]34C5C[C@@]6(O)[C@@H](OC)C[C@@](OC(C)=O)(C5[C@H]6OC(=O)c5ccc(OC)c(OC)c5)[C@H](C13)[C@H](OC)C24. The van der Waals surface area contributed by atoms with Gasteiger partial charge in [-0.15, -0.1) is 0 Å². The molecule has 0 radical (unpaired) electrons. The number of methoxy groups -OCH3 is 6. The summed E-state index contributed by atoms with van der Waals surface area (Å²) in [4.78, 5) is 29.8. The lowest BCUT2D eigenvalue weighted by Crippen LogP contribution is -2.79. The van der Waals surface area contributed by atoms with Crippen LogP contribution in [0.2, 0.25) is 0 Å². The fourth-order valence-corrected chi connectivity index (χ4v) is 12.6. The van der Waals surface area contributed by atoms with E-state index in [0.29, 0.717) is 31.0 Å². The number of piperidine rings is 1. The summed E-state index contributed by atoms with van der Waals surface area (Å²) in [5, 5.41) is 24.9. The van der Waals surface area contributed by atoms with Gasteiger partial charge in [0, 0.05) is 89.4 Å². The molecule has 5 saturated carbocycles. The standard InChI is InChI=1S/C36H51NO12/c1-9-37-16-33(17-42-3)23(39)13-24(45-6)36-20-14-34(41)25(46-7)15-35(49-18(2)38,27(30(36)37)28(47-8)29(33)36)26(20)31(34)48-32(40)19-10-11-21(43-4)22(12-19)44-5/h10-12,20,23-31,39,41H,9,13-17H2,1-8H3/t20?,23?,24-,25-,26?,27-,28-,29?,30?,31+,33-,34+,35+,36-/m0/s1. The van der Waals surface area contributed by atoms with Gasteiger partial charge in [-0.05, 0) is 37.1 Å². The molecule has 1 heterocycles. The highest BCUT2D eigenvalue weighted by Crippen LogP contribution is 2.80. The Balaban J connectivity index is 1.46. The zero-order valence-corrected chi connectivity index (χ0v) is 29.7. The van der Waals surface area contributed by atoms with E-state index in [1.807, 2.05) is 0 Å². The number of nitrogens with zero attached hydrogens (tertiary/aromatic N) is 1. The second-order valence-electron chi connectivity index (χ2n) is 15.1. The van der Waals surface area contributed by atoms with Crippen LogP contribution in [-0.2, 0) is 33.2 Å². The van der Waals surface area contributed by atoms with Crippen LogP contribution in [0, 0.1) is 34.5 Å². The minimum absolute atomic E-state index is 0.185. The number of fused-ring (bicyclic) bond motifs is 2. The van der Waals surface area contributed by atoms with Gasteiger partial charge in [0.1, 0.15) is 17.3 Å². The number of carbonyl (C=O) groups is 2. The summed E-state index contributed by atoms with van der Waals surface area (Å²) in [7, 11) is 9.53. The van der Waals surface area contributed by atoms with E-state index >= 15 is 0 Å². The summed E-state index contributed by atoms with van der Waals surface area (Å²) >= 11 is 0. The maximum atomic E-state index is 14.1. The molecule has 0 amide bonds. The second kappa shape index (κ2) is 12.0. The normalized spacial score (nSPS) is 45.9. The number of hydrogen-bond donors (Lipinski definition) is 2. The molecule has 272 valence electrons. The van der Waals surface area contributed by atoms with Gasteiger partial charge in [-0.1, -0.05) is 6.92 Å². The van der Waals surface area contributed by atoms with Gasteiger partial charge in [-0.3, -0.25) is 9.69 Å². The van der Waals surface area contributed by atoms with Gasteiger partial charge in [0.15, 0.2) is 11.5 Å². The molecule has 0 aromatic heterocycles. The Labute approximate surface area is 287 Å². The van der Waals surface area contributed by atoms with Crippen molar-refractivity contribution in [1.82, 2.24) is 4.90 Å². The van der Waals surface area contributed by atoms with Crippen LogP contribution in [0.4, 0.5) is 0 Å². The van der Waals surface area contributed by atoms with Gasteiger partial charge in [-0.2, -0.15) is 0 Å². The zero-order chi connectivity index (χ0) is 35.3. The summed E-state index contributed by atoms with van der Waals surface area (Å²) in [6.07, 6.45) is -2.89. The van der Waals surface area contributed by atoms with Crippen molar-refractivity contribution in [2.45, 2.75) is 80.9 Å². The van der Waals surface area contributed by atoms with E-state index in [4.69, 9.17) is 37.9 Å². The van der Waals surface area contributed by atoms with E-state index in [9.17, 15) is 19.8 Å². The topological polar surface area (TPSA) is 152 Å². The zero-order valence-electron chi connectivity index (χ0n) is 29.7. The molecule has 6 aliphatic rings. The van der Waals surface area contributed by atoms with Crippen LogP contribution in [0.5, 0.6) is 11.5 Å². The fourth-order valence-electron chi connectivity index (χ4n) is 12.6. The number of hydrogen-bond acceptors (Lipinski definition) is 13. The summed E-state index contributed by atoms with van der Waals surface area (Å²) < 4.78 is 48.9. The highest BCUT2D eigenvalue weighted by molar-refractivity contribution is 5.90. The summed E-state index contributed by atoms with van der Waals surface area (Å²) in [5.41, 5.74) is -4.09. The number of ether oxygens (including phenoxy) is 8. The van der Waals surface area contributed by atoms with Crippen LogP contribution in [-0.4, -0.2) is 137 Å². The molecule has 1 spiro atoms. The number of aliphatic hydroxyl groups is 2. The first-order valence-corrected chi connectivity index (χ1v) is 17.3. The number of likely N-dealkylation sites (tertiary alicyclic amines) is 1. The average Bonchev–Trinajstić information content (AvgIpc) is 3.46. The Bertz CT molecular complexity index is 1480. The van der Waals surface area contributed by atoms with Crippen LogP contribution >= 0.6 is 0 Å². The lowest BCUT2D eigenvalue weighted by molar-refractivity contribution is -0.300. The van der Waals surface area contributed by atoms with E-state index in [2.05, 4.69) is 11.8 Å². The first kappa shape index (κ1) is 34.9. The molecule has 7 bridgehead atoms.